The summed E-state index contributed by atoms with van der Waals surface area (Å²) in [7, 11) is 0. The Bertz CT molecular complexity index is 347. The van der Waals surface area contributed by atoms with Crippen LogP contribution < -0.4 is 11.1 Å². The quantitative estimate of drug-likeness (QED) is 0.782. The molecule has 1 atom stereocenters. The van der Waals surface area contributed by atoms with Crippen molar-refractivity contribution in [1.82, 2.24) is 10.5 Å². The van der Waals surface area contributed by atoms with Gasteiger partial charge in [0.25, 0.3) is 0 Å². The molecule has 0 spiro atoms. The monoisotopic (exact) mass is 225 g/mol. The molecular formula is C11H19N3O2. The number of aryl methyl sites for hydroxylation is 1. The van der Waals surface area contributed by atoms with Crippen LogP contribution in [0.15, 0.2) is 10.6 Å². The predicted octanol–water partition coefficient (Wildman–Crippen LogP) is 0.973. The van der Waals surface area contributed by atoms with Gasteiger partial charge < -0.3 is 15.6 Å². The summed E-state index contributed by atoms with van der Waals surface area (Å²) >= 11 is 0. The number of nitrogens with zero attached hydrogens (tertiary/aromatic N) is 1. The Morgan fingerprint density at radius 2 is 2.31 bits per heavy atom. The molecule has 1 amide bonds. The van der Waals surface area contributed by atoms with Crippen LogP contribution in [0.4, 0.5) is 0 Å². The average molecular weight is 225 g/mol. The van der Waals surface area contributed by atoms with E-state index in [-0.39, 0.29) is 5.91 Å². The number of rotatable bonds is 5. The maximum absolute atomic E-state index is 11.6. The van der Waals surface area contributed by atoms with E-state index in [1.165, 1.54) is 0 Å². The fraction of sp³-hybridized carbons (Fsp3) is 0.636. The van der Waals surface area contributed by atoms with Gasteiger partial charge in [-0.05, 0) is 19.3 Å². The summed E-state index contributed by atoms with van der Waals surface area (Å²) in [5.74, 6) is 1.00. The summed E-state index contributed by atoms with van der Waals surface area (Å²) in [6.07, 6.45) is 0.684. The van der Waals surface area contributed by atoms with Gasteiger partial charge in [0.1, 0.15) is 11.5 Å². The normalized spacial score (nSPS) is 12.8. The summed E-state index contributed by atoms with van der Waals surface area (Å²) in [6.45, 7) is 6.24. The first-order chi connectivity index (χ1) is 7.49. The topological polar surface area (TPSA) is 81.2 Å². The SMILES string of the molecule is Cc1cc(CNC(=O)C(N)CC(C)C)no1. The maximum Gasteiger partial charge on any atom is 0.237 e. The highest BCUT2D eigenvalue weighted by atomic mass is 16.5. The Labute approximate surface area is 95.4 Å². The minimum absolute atomic E-state index is 0.144. The summed E-state index contributed by atoms with van der Waals surface area (Å²) in [6, 6.07) is 1.34. The molecule has 1 aromatic heterocycles. The van der Waals surface area contributed by atoms with E-state index < -0.39 is 6.04 Å². The minimum atomic E-state index is -0.451. The third kappa shape index (κ3) is 4.02. The zero-order chi connectivity index (χ0) is 12.1. The smallest absolute Gasteiger partial charge is 0.237 e. The van der Waals surface area contributed by atoms with E-state index in [0.717, 1.165) is 5.76 Å². The van der Waals surface area contributed by atoms with Crippen LogP contribution in [0.3, 0.4) is 0 Å². The van der Waals surface area contributed by atoms with Crippen molar-refractivity contribution in [1.29, 1.82) is 0 Å². The fourth-order valence-electron chi connectivity index (χ4n) is 1.42. The highest BCUT2D eigenvalue weighted by Gasteiger charge is 2.14. The number of carbonyl (C=O) groups excluding carboxylic acids is 1. The second-order valence-corrected chi connectivity index (χ2v) is 4.38. The van der Waals surface area contributed by atoms with Crippen molar-refractivity contribution in [2.24, 2.45) is 11.7 Å². The van der Waals surface area contributed by atoms with Gasteiger partial charge in [0.2, 0.25) is 5.91 Å². The molecule has 0 fully saturated rings. The summed E-state index contributed by atoms with van der Waals surface area (Å²) in [5, 5.41) is 6.51. The molecule has 0 aliphatic rings. The predicted molar refractivity (Wildman–Crippen MR) is 60.5 cm³/mol. The number of hydrogen-bond acceptors (Lipinski definition) is 4. The Balaban J connectivity index is 2.35. The van der Waals surface area contributed by atoms with Crippen LogP contribution in [0.2, 0.25) is 0 Å². The highest BCUT2D eigenvalue weighted by molar-refractivity contribution is 5.81. The molecule has 0 radical (unpaired) electrons. The number of carbonyl (C=O) groups is 1. The molecule has 90 valence electrons. The van der Waals surface area contributed by atoms with E-state index in [1.807, 2.05) is 20.8 Å². The van der Waals surface area contributed by atoms with Gasteiger partial charge in [-0.3, -0.25) is 4.79 Å². The zero-order valence-electron chi connectivity index (χ0n) is 9.99. The van der Waals surface area contributed by atoms with E-state index in [1.54, 1.807) is 6.07 Å². The zero-order valence-corrected chi connectivity index (χ0v) is 9.99. The second kappa shape index (κ2) is 5.65. The Kier molecular flexibility index (Phi) is 4.49. The van der Waals surface area contributed by atoms with Gasteiger partial charge in [-0.15, -0.1) is 0 Å². The molecule has 0 bridgehead atoms. The fourth-order valence-corrected chi connectivity index (χ4v) is 1.42. The van der Waals surface area contributed by atoms with Gasteiger partial charge in [0, 0.05) is 6.07 Å². The van der Waals surface area contributed by atoms with E-state index in [0.29, 0.717) is 24.6 Å². The third-order valence-corrected chi connectivity index (χ3v) is 2.18. The second-order valence-electron chi connectivity index (χ2n) is 4.38. The lowest BCUT2D eigenvalue weighted by molar-refractivity contribution is -0.122. The van der Waals surface area contributed by atoms with Crippen LogP contribution in [0, 0.1) is 12.8 Å². The standard InChI is InChI=1S/C11H19N3O2/c1-7(2)4-10(12)11(15)13-6-9-5-8(3)16-14-9/h5,7,10H,4,6,12H2,1-3H3,(H,13,15). The average Bonchev–Trinajstić information content (AvgIpc) is 2.59. The van der Waals surface area contributed by atoms with Crippen LogP contribution in [0.1, 0.15) is 31.7 Å². The van der Waals surface area contributed by atoms with Crippen molar-refractivity contribution < 1.29 is 9.32 Å². The van der Waals surface area contributed by atoms with Crippen molar-refractivity contribution in [2.75, 3.05) is 0 Å². The van der Waals surface area contributed by atoms with E-state index in [2.05, 4.69) is 10.5 Å². The first-order valence-corrected chi connectivity index (χ1v) is 5.44. The molecule has 0 saturated carbocycles. The molecule has 0 aliphatic heterocycles. The van der Waals surface area contributed by atoms with E-state index in [9.17, 15) is 4.79 Å². The van der Waals surface area contributed by atoms with Crippen molar-refractivity contribution in [3.05, 3.63) is 17.5 Å². The number of nitrogens with one attached hydrogen (secondary N) is 1. The number of aromatic nitrogens is 1. The number of nitrogens with two attached hydrogens (primary N) is 1. The first kappa shape index (κ1) is 12.7. The van der Waals surface area contributed by atoms with Crippen LogP contribution in [0.25, 0.3) is 0 Å². The van der Waals surface area contributed by atoms with Crippen molar-refractivity contribution in [3.8, 4) is 0 Å². The van der Waals surface area contributed by atoms with Gasteiger partial charge in [-0.1, -0.05) is 19.0 Å². The van der Waals surface area contributed by atoms with E-state index in [4.69, 9.17) is 10.3 Å². The van der Waals surface area contributed by atoms with Crippen LogP contribution in [0.5, 0.6) is 0 Å². The molecule has 1 unspecified atom stereocenters. The molecular weight excluding hydrogens is 206 g/mol. The molecule has 1 rings (SSSR count). The first-order valence-electron chi connectivity index (χ1n) is 5.44. The van der Waals surface area contributed by atoms with Crippen molar-refractivity contribution >= 4 is 5.91 Å². The summed E-state index contributed by atoms with van der Waals surface area (Å²) < 4.78 is 4.89. The molecule has 1 aromatic rings. The maximum atomic E-state index is 11.6. The number of hydrogen-bond donors (Lipinski definition) is 2. The van der Waals surface area contributed by atoms with Gasteiger partial charge in [0.15, 0.2) is 0 Å². The van der Waals surface area contributed by atoms with Gasteiger partial charge >= 0.3 is 0 Å². The lowest BCUT2D eigenvalue weighted by Crippen LogP contribution is -2.41. The molecule has 0 saturated heterocycles. The summed E-state index contributed by atoms with van der Waals surface area (Å²) in [4.78, 5) is 11.6. The molecule has 5 nitrogen and oxygen atoms in total. The third-order valence-electron chi connectivity index (χ3n) is 2.18. The van der Waals surface area contributed by atoms with Crippen molar-refractivity contribution in [3.63, 3.8) is 0 Å². The lowest BCUT2D eigenvalue weighted by atomic mass is 10.0. The molecule has 1 heterocycles. The molecule has 3 N–H and O–H groups in total. The molecule has 16 heavy (non-hydrogen) atoms. The van der Waals surface area contributed by atoms with E-state index >= 15 is 0 Å². The molecule has 0 aliphatic carbocycles. The Morgan fingerprint density at radius 1 is 1.62 bits per heavy atom. The van der Waals surface area contributed by atoms with Gasteiger partial charge in [-0.25, -0.2) is 0 Å². The minimum Gasteiger partial charge on any atom is -0.361 e. The number of amides is 1. The molecule has 0 aromatic carbocycles. The van der Waals surface area contributed by atoms with Gasteiger partial charge in [0.05, 0.1) is 12.6 Å². The van der Waals surface area contributed by atoms with Crippen LogP contribution in [-0.4, -0.2) is 17.1 Å². The van der Waals surface area contributed by atoms with Crippen molar-refractivity contribution in [2.45, 2.75) is 39.8 Å². The summed E-state index contributed by atoms with van der Waals surface area (Å²) in [5.41, 5.74) is 6.44. The highest BCUT2D eigenvalue weighted by Crippen LogP contribution is 2.04. The van der Waals surface area contributed by atoms with Crippen LogP contribution in [-0.2, 0) is 11.3 Å². The van der Waals surface area contributed by atoms with Crippen LogP contribution >= 0.6 is 0 Å². The Hall–Kier alpha value is -1.36. The Morgan fingerprint density at radius 3 is 2.81 bits per heavy atom. The lowest BCUT2D eigenvalue weighted by Gasteiger charge is -2.13. The largest absolute Gasteiger partial charge is 0.361 e. The van der Waals surface area contributed by atoms with Gasteiger partial charge in [-0.2, -0.15) is 0 Å². The molecule has 5 heteroatoms.